The van der Waals surface area contributed by atoms with Gasteiger partial charge in [-0.1, -0.05) is 11.6 Å². The molecule has 2 aliphatic rings. The lowest BCUT2D eigenvalue weighted by Gasteiger charge is -2.31. The Labute approximate surface area is 187 Å². The monoisotopic (exact) mass is 441 g/mol. The molecule has 1 amide bonds. The van der Waals surface area contributed by atoms with Gasteiger partial charge < -0.3 is 15.0 Å². The highest BCUT2D eigenvalue weighted by Gasteiger charge is 2.25. The second-order valence-corrected chi connectivity index (χ2v) is 8.59. The first-order chi connectivity index (χ1) is 15.1. The molecule has 4 rings (SSSR count). The number of ketones is 1. The van der Waals surface area contributed by atoms with Crippen LogP contribution in [0.1, 0.15) is 35.2 Å². The van der Waals surface area contributed by atoms with Gasteiger partial charge in [-0.15, -0.1) is 0 Å². The van der Waals surface area contributed by atoms with Crippen LogP contribution in [0.15, 0.2) is 42.5 Å². The summed E-state index contributed by atoms with van der Waals surface area (Å²) >= 11 is 5.91. The van der Waals surface area contributed by atoms with Crippen LogP contribution in [0.4, 0.5) is 16.2 Å². The van der Waals surface area contributed by atoms with E-state index in [1.54, 1.807) is 24.3 Å². The van der Waals surface area contributed by atoms with Gasteiger partial charge in [0.25, 0.3) is 0 Å². The zero-order valence-corrected chi connectivity index (χ0v) is 18.3. The molecular formula is C24H28ClN3O3. The number of hydrogen-bond donors (Lipinski definition) is 2. The summed E-state index contributed by atoms with van der Waals surface area (Å²) < 4.78 is 5.33. The van der Waals surface area contributed by atoms with Gasteiger partial charge in [0.2, 0.25) is 0 Å². The van der Waals surface area contributed by atoms with Gasteiger partial charge >= 0.3 is 6.09 Å². The van der Waals surface area contributed by atoms with Crippen LogP contribution in [0.25, 0.3) is 0 Å². The fraction of sp³-hybridized carbons (Fsp3) is 0.417. The van der Waals surface area contributed by atoms with Crippen molar-refractivity contribution in [3.63, 3.8) is 0 Å². The van der Waals surface area contributed by atoms with Crippen LogP contribution < -0.4 is 10.6 Å². The maximum absolute atomic E-state index is 12.6. The van der Waals surface area contributed by atoms with Crippen molar-refractivity contribution in [2.45, 2.75) is 25.7 Å². The van der Waals surface area contributed by atoms with Crippen molar-refractivity contribution < 1.29 is 14.3 Å². The van der Waals surface area contributed by atoms with Crippen molar-refractivity contribution in [1.29, 1.82) is 0 Å². The lowest BCUT2D eigenvalue weighted by Crippen LogP contribution is -2.37. The van der Waals surface area contributed by atoms with Crippen molar-refractivity contribution in [2.75, 3.05) is 43.4 Å². The van der Waals surface area contributed by atoms with Crippen molar-refractivity contribution in [3.05, 3.63) is 58.6 Å². The number of carbonyl (C=O) groups is 2. The minimum absolute atomic E-state index is 0.0713. The fourth-order valence-electron chi connectivity index (χ4n) is 4.26. The minimum atomic E-state index is -0.418. The molecule has 0 aromatic heterocycles. The Bertz CT molecular complexity index is 924. The van der Waals surface area contributed by atoms with Crippen LogP contribution in [-0.4, -0.2) is 49.6 Å². The average Bonchev–Trinajstić information content (AvgIpc) is 3.25. The van der Waals surface area contributed by atoms with Gasteiger partial charge in [0.15, 0.2) is 5.78 Å². The Morgan fingerprint density at radius 3 is 2.68 bits per heavy atom. The quantitative estimate of drug-likeness (QED) is 0.475. The summed E-state index contributed by atoms with van der Waals surface area (Å²) in [4.78, 5) is 27.0. The highest BCUT2D eigenvalue weighted by Crippen LogP contribution is 2.25. The maximum Gasteiger partial charge on any atom is 0.411 e. The Balaban J connectivity index is 1.12. The van der Waals surface area contributed by atoms with Crippen LogP contribution in [0.2, 0.25) is 5.02 Å². The first kappa shape index (κ1) is 21.7. The first-order valence-electron chi connectivity index (χ1n) is 10.9. The Morgan fingerprint density at radius 1 is 1.13 bits per heavy atom. The SMILES string of the molecule is O=C(Nc1ccc2c(c1)CCN2)OCCCN1CCC(C(=O)c2ccc(Cl)cc2)CC1. The summed E-state index contributed by atoms with van der Waals surface area (Å²) in [7, 11) is 0. The molecule has 0 atom stereocenters. The molecular weight excluding hydrogens is 414 g/mol. The van der Waals surface area contributed by atoms with Crippen LogP contribution in [0.3, 0.4) is 0 Å². The molecule has 0 spiro atoms. The summed E-state index contributed by atoms with van der Waals surface area (Å²) in [6.07, 6.45) is 3.05. The highest BCUT2D eigenvalue weighted by molar-refractivity contribution is 6.30. The van der Waals surface area contributed by atoms with Gasteiger partial charge in [-0.05, 0) is 86.8 Å². The molecule has 7 heteroatoms. The van der Waals surface area contributed by atoms with Gasteiger partial charge in [-0.3, -0.25) is 10.1 Å². The number of piperidine rings is 1. The Morgan fingerprint density at radius 2 is 1.90 bits per heavy atom. The summed E-state index contributed by atoms with van der Waals surface area (Å²) in [5.41, 5.74) is 3.86. The van der Waals surface area contributed by atoms with E-state index in [9.17, 15) is 9.59 Å². The number of likely N-dealkylation sites (tertiary alicyclic amines) is 1. The first-order valence-corrected chi connectivity index (χ1v) is 11.3. The third-order valence-corrected chi connectivity index (χ3v) is 6.25. The van der Waals surface area contributed by atoms with E-state index in [1.807, 2.05) is 18.2 Å². The van der Waals surface area contributed by atoms with Crippen molar-refractivity contribution in [2.24, 2.45) is 5.92 Å². The predicted octanol–water partition coefficient (Wildman–Crippen LogP) is 4.84. The molecule has 1 saturated heterocycles. The molecule has 2 heterocycles. The smallest absolute Gasteiger partial charge is 0.411 e. The Hall–Kier alpha value is -2.57. The molecule has 0 saturated carbocycles. The fourth-order valence-corrected chi connectivity index (χ4v) is 4.38. The number of rotatable bonds is 7. The van der Waals surface area contributed by atoms with E-state index in [-0.39, 0.29) is 11.7 Å². The van der Waals surface area contributed by atoms with Crippen molar-refractivity contribution >= 4 is 34.9 Å². The lowest BCUT2D eigenvalue weighted by molar-refractivity contribution is 0.0830. The maximum atomic E-state index is 12.6. The number of hydrogen-bond acceptors (Lipinski definition) is 5. The number of carbonyl (C=O) groups excluding carboxylic acids is 2. The molecule has 2 aromatic carbocycles. The van der Waals surface area contributed by atoms with E-state index in [0.29, 0.717) is 11.6 Å². The van der Waals surface area contributed by atoms with Crippen LogP contribution >= 0.6 is 11.6 Å². The van der Waals surface area contributed by atoms with Gasteiger partial charge in [0, 0.05) is 41.0 Å². The summed E-state index contributed by atoms with van der Waals surface area (Å²) in [5.74, 6) is 0.278. The number of anilines is 2. The number of ether oxygens (including phenoxy) is 1. The normalized spacial score (nSPS) is 16.4. The number of Topliss-reactive ketones (excluding diaryl/α,β-unsaturated/α-hetero) is 1. The zero-order chi connectivity index (χ0) is 21.6. The number of nitrogens with one attached hydrogen (secondary N) is 2. The van der Waals surface area contributed by atoms with E-state index in [4.69, 9.17) is 16.3 Å². The number of amides is 1. The largest absolute Gasteiger partial charge is 0.449 e. The predicted molar refractivity (Wildman–Crippen MR) is 123 cm³/mol. The van der Waals surface area contributed by atoms with Gasteiger partial charge in [-0.2, -0.15) is 0 Å². The van der Waals surface area contributed by atoms with E-state index in [2.05, 4.69) is 15.5 Å². The van der Waals surface area contributed by atoms with Gasteiger partial charge in [0.05, 0.1) is 6.61 Å². The topological polar surface area (TPSA) is 70.7 Å². The summed E-state index contributed by atoms with van der Waals surface area (Å²) in [6, 6.07) is 13.0. The van der Waals surface area contributed by atoms with E-state index in [1.165, 1.54) is 5.56 Å². The molecule has 0 radical (unpaired) electrons. The standard InChI is InChI=1S/C24H28ClN3O3/c25-20-4-2-17(3-5-20)23(29)18-9-13-28(14-10-18)12-1-15-31-24(30)27-21-6-7-22-19(16-21)8-11-26-22/h2-7,16,18,26H,1,8-15H2,(H,27,30). The number of benzene rings is 2. The van der Waals surface area contributed by atoms with Crippen molar-refractivity contribution in [1.82, 2.24) is 4.90 Å². The van der Waals surface area contributed by atoms with Crippen LogP contribution in [0, 0.1) is 5.92 Å². The van der Waals surface area contributed by atoms with E-state index in [0.717, 1.165) is 68.8 Å². The highest BCUT2D eigenvalue weighted by atomic mass is 35.5. The number of fused-ring (bicyclic) bond motifs is 1. The molecule has 0 unspecified atom stereocenters. The number of nitrogens with zero attached hydrogens (tertiary/aromatic N) is 1. The average molecular weight is 442 g/mol. The minimum Gasteiger partial charge on any atom is -0.449 e. The lowest BCUT2D eigenvalue weighted by atomic mass is 9.89. The van der Waals surface area contributed by atoms with E-state index < -0.39 is 6.09 Å². The van der Waals surface area contributed by atoms with Crippen molar-refractivity contribution in [3.8, 4) is 0 Å². The zero-order valence-electron chi connectivity index (χ0n) is 17.5. The molecule has 2 aliphatic heterocycles. The third kappa shape index (κ3) is 5.77. The van der Waals surface area contributed by atoms with Crippen LogP contribution in [-0.2, 0) is 11.2 Å². The third-order valence-electron chi connectivity index (χ3n) is 6.00. The molecule has 2 aromatic rings. The molecule has 31 heavy (non-hydrogen) atoms. The summed E-state index contributed by atoms with van der Waals surface area (Å²) in [6.45, 7) is 3.95. The molecule has 0 bridgehead atoms. The summed E-state index contributed by atoms with van der Waals surface area (Å²) in [5, 5.41) is 6.74. The molecule has 1 fully saturated rings. The van der Waals surface area contributed by atoms with Crippen LogP contribution in [0.5, 0.6) is 0 Å². The van der Waals surface area contributed by atoms with E-state index >= 15 is 0 Å². The molecule has 0 aliphatic carbocycles. The second-order valence-electron chi connectivity index (χ2n) is 8.15. The van der Waals surface area contributed by atoms with Gasteiger partial charge in [-0.25, -0.2) is 4.79 Å². The molecule has 2 N–H and O–H groups in total. The molecule has 6 nitrogen and oxygen atoms in total. The molecule has 164 valence electrons. The second kappa shape index (κ2) is 10.2. The Kier molecular flexibility index (Phi) is 7.10. The number of halogens is 1. The van der Waals surface area contributed by atoms with Gasteiger partial charge in [0.1, 0.15) is 0 Å².